The summed E-state index contributed by atoms with van der Waals surface area (Å²) in [5.74, 6) is 0.658. The largest absolute Gasteiger partial charge is 0.391 e. The van der Waals surface area contributed by atoms with Gasteiger partial charge in [-0.25, -0.2) is 4.98 Å². The number of nitriles is 1. The highest BCUT2D eigenvalue weighted by molar-refractivity contribution is 5.44. The van der Waals surface area contributed by atoms with Crippen LogP contribution in [0.1, 0.15) is 17.7 Å². The zero-order valence-electron chi connectivity index (χ0n) is 10.1. The average Bonchev–Trinajstić information content (AvgIpc) is 2.28. The first-order chi connectivity index (χ1) is 8.15. The highest BCUT2D eigenvalue weighted by Gasteiger charge is 2.04. The van der Waals surface area contributed by atoms with E-state index < -0.39 is 6.10 Å². The van der Waals surface area contributed by atoms with Gasteiger partial charge >= 0.3 is 0 Å². The lowest BCUT2D eigenvalue weighted by Gasteiger charge is -2.10. The number of hydrogen-bond donors (Lipinski definition) is 2. The molecule has 0 saturated carbocycles. The lowest BCUT2D eigenvalue weighted by Crippen LogP contribution is -2.18. The van der Waals surface area contributed by atoms with E-state index in [2.05, 4.69) is 16.4 Å². The van der Waals surface area contributed by atoms with Gasteiger partial charge in [0.05, 0.1) is 24.3 Å². The van der Waals surface area contributed by atoms with Crippen LogP contribution < -0.4 is 5.32 Å². The third kappa shape index (κ3) is 4.81. The van der Waals surface area contributed by atoms with E-state index in [-0.39, 0.29) is 0 Å². The SMILES string of the molecule is COCC(O)CCNc1cc(C#N)cc(C)n1. The molecule has 1 heterocycles. The Hall–Kier alpha value is -1.64. The molecule has 0 radical (unpaired) electrons. The van der Waals surface area contributed by atoms with Crippen LogP contribution in [0.3, 0.4) is 0 Å². The third-order valence-corrected chi connectivity index (χ3v) is 2.23. The van der Waals surface area contributed by atoms with E-state index in [4.69, 9.17) is 10.00 Å². The number of aliphatic hydroxyl groups excluding tert-OH is 1. The fourth-order valence-corrected chi connectivity index (χ4v) is 1.47. The van der Waals surface area contributed by atoms with E-state index in [1.54, 1.807) is 19.2 Å². The molecule has 0 aliphatic rings. The number of nitrogens with one attached hydrogen (secondary N) is 1. The van der Waals surface area contributed by atoms with Crippen LogP contribution in [-0.4, -0.2) is 36.5 Å². The Balaban J connectivity index is 2.47. The van der Waals surface area contributed by atoms with Crippen molar-refractivity contribution < 1.29 is 9.84 Å². The first kappa shape index (κ1) is 13.4. The van der Waals surface area contributed by atoms with E-state index in [1.807, 2.05) is 6.92 Å². The molecule has 1 atom stereocenters. The van der Waals surface area contributed by atoms with E-state index >= 15 is 0 Å². The zero-order valence-corrected chi connectivity index (χ0v) is 10.1. The maximum atomic E-state index is 9.44. The van der Waals surface area contributed by atoms with Crippen LogP contribution in [0, 0.1) is 18.3 Å². The molecule has 1 rings (SSSR count). The van der Waals surface area contributed by atoms with Crippen molar-refractivity contribution in [3.63, 3.8) is 0 Å². The molecular weight excluding hydrogens is 218 g/mol. The minimum absolute atomic E-state index is 0.326. The van der Waals surface area contributed by atoms with Crippen LogP contribution in [0.25, 0.3) is 0 Å². The molecule has 5 nitrogen and oxygen atoms in total. The first-order valence-corrected chi connectivity index (χ1v) is 5.45. The Labute approximate surface area is 101 Å². The number of hydrogen-bond acceptors (Lipinski definition) is 5. The zero-order chi connectivity index (χ0) is 12.7. The predicted octanol–water partition coefficient (Wildman–Crippen LogP) is 1.07. The average molecular weight is 235 g/mol. The molecule has 0 aliphatic heterocycles. The molecule has 2 N–H and O–H groups in total. The van der Waals surface area contributed by atoms with E-state index in [1.165, 1.54) is 0 Å². The maximum Gasteiger partial charge on any atom is 0.127 e. The van der Waals surface area contributed by atoms with Gasteiger partial charge in [0.25, 0.3) is 0 Å². The molecule has 0 amide bonds. The van der Waals surface area contributed by atoms with E-state index in [9.17, 15) is 5.11 Å². The molecule has 0 spiro atoms. The monoisotopic (exact) mass is 235 g/mol. The quantitative estimate of drug-likeness (QED) is 0.771. The van der Waals surface area contributed by atoms with Gasteiger partial charge in [0, 0.05) is 19.3 Å². The fraction of sp³-hybridized carbons (Fsp3) is 0.500. The molecule has 1 aromatic rings. The van der Waals surface area contributed by atoms with E-state index in [0.717, 1.165) is 5.69 Å². The van der Waals surface area contributed by atoms with E-state index in [0.29, 0.717) is 31.0 Å². The van der Waals surface area contributed by atoms with Gasteiger partial charge in [0.15, 0.2) is 0 Å². The van der Waals surface area contributed by atoms with Gasteiger partial charge in [-0.05, 0) is 25.5 Å². The third-order valence-electron chi connectivity index (χ3n) is 2.23. The smallest absolute Gasteiger partial charge is 0.127 e. The van der Waals surface area contributed by atoms with Gasteiger partial charge in [-0.2, -0.15) is 5.26 Å². The van der Waals surface area contributed by atoms with Crippen LogP contribution in [-0.2, 0) is 4.74 Å². The van der Waals surface area contributed by atoms with Gasteiger partial charge in [-0.1, -0.05) is 0 Å². The molecule has 0 aliphatic carbocycles. The molecule has 17 heavy (non-hydrogen) atoms. The van der Waals surface area contributed by atoms with Crippen molar-refractivity contribution in [2.45, 2.75) is 19.4 Å². The molecule has 0 fully saturated rings. The number of nitrogens with zero attached hydrogens (tertiary/aromatic N) is 2. The summed E-state index contributed by atoms with van der Waals surface area (Å²) >= 11 is 0. The van der Waals surface area contributed by atoms with Gasteiger partial charge in [-0.15, -0.1) is 0 Å². The second-order valence-electron chi connectivity index (χ2n) is 3.82. The van der Waals surface area contributed by atoms with Crippen molar-refractivity contribution in [3.05, 3.63) is 23.4 Å². The van der Waals surface area contributed by atoms with Gasteiger partial charge < -0.3 is 15.2 Å². The lowest BCUT2D eigenvalue weighted by atomic mass is 10.2. The maximum absolute atomic E-state index is 9.44. The summed E-state index contributed by atoms with van der Waals surface area (Å²) in [6, 6.07) is 5.50. The van der Waals surface area contributed by atoms with Crippen molar-refractivity contribution in [1.82, 2.24) is 4.98 Å². The minimum Gasteiger partial charge on any atom is -0.391 e. The number of aryl methyl sites for hydroxylation is 1. The van der Waals surface area contributed by atoms with Crippen molar-refractivity contribution >= 4 is 5.82 Å². The lowest BCUT2D eigenvalue weighted by molar-refractivity contribution is 0.0615. The van der Waals surface area contributed by atoms with Crippen LogP contribution in [0.4, 0.5) is 5.82 Å². The Morgan fingerprint density at radius 2 is 2.35 bits per heavy atom. The Morgan fingerprint density at radius 1 is 1.59 bits per heavy atom. The second kappa shape index (κ2) is 6.84. The Morgan fingerprint density at radius 3 is 3.00 bits per heavy atom. The van der Waals surface area contributed by atoms with Crippen molar-refractivity contribution in [2.24, 2.45) is 0 Å². The molecule has 92 valence electrons. The number of pyridine rings is 1. The normalized spacial score (nSPS) is 11.9. The molecule has 5 heteroatoms. The molecule has 1 aromatic heterocycles. The first-order valence-electron chi connectivity index (χ1n) is 5.45. The number of anilines is 1. The Bertz CT molecular complexity index is 401. The standard InChI is InChI=1S/C12H17N3O2/c1-9-5-10(7-13)6-12(15-9)14-4-3-11(16)8-17-2/h5-6,11,16H,3-4,8H2,1-2H3,(H,14,15). The summed E-state index contributed by atoms with van der Waals surface area (Å²) in [5.41, 5.74) is 1.38. The van der Waals surface area contributed by atoms with Crippen molar-refractivity contribution in [3.8, 4) is 6.07 Å². The summed E-state index contributed by atoms with van der Waals surface area (Å²) in [4.78, 5) is 4.25. The minimum atomic E-state index is -0.479. The fourth-order valence-electron chi connectivity index (χ4n) is 1.47. The molecule has 0 bridgehead atoms. The highest BCUT2D eigenvalue weighted by atomic mass is 16.5. The number of methoxy groups -OCH3 is 1. The van der Waals surface area contributed by atoms with Crippen LogP contribution in [0.5, 0.6) is 0 Å². The topological polar surface area (TPSA) is 78.2 Å². The Kier molecular flexibility index (Phi) is 5.40. The summed E-state index contributed by atoms with van der Waals surface area (Å²) in [7, 11) is 1.55. The summed E-state index contributed by atoms with van der Waals surface area (Å²) in [5, 5.41) is 21.3. The molecule has 0 saturated heterocycles. The van der Waals surface area contributed by atoms with Crippen LogP contribution >= 0.6 is 0 Å². The molecule has 1 unspecified atom stereocenters. The summed E-state index contributed by atoms with van der Waals surface area (Å²) in [6.07, 6.45) is 0.0958. The summed E-state index contributed by atoms with van der Waals surface area (Å²) in [6.45, 7) is 2.75. The van der Waals surface area contributed by atoms with Crippen molar-refractivity contribution in [2.75, 3.05) is 25.6 Å². The molecule has 0 aromatic carbocycles. The number of aromatic nitrogens is 1. The summed E-state index contributed by atoms with van der Waals surface area (Å²) < 4.78 is 4.83. The van der Waals surface area contributed by atoms with Crippen molar-refractivity contribution in [1.29, 1.82) is 5.26 Å². The highest BCUT2D eigenvalue weighted by Crippen LogP contribution is 2.09. The number of ether oxygens (including phenoxy) is 1. The predicted molar refractivity (Wildman–Crippen MR) is 64.7 cm³/mol. The molecular formula is C12H17N3O2. The van der Waals surface area contributed by atoms with Gasteiger partial charge in [-0.3, -0.25) is 0 Å². The van der Waals surface area contributed by atoms with Crippen LogP contribution in [0.15, 0.2) is 12.1 Å². The van der Waals surface area contributed by atoms with Gasteiger partial charge in [0.1, 0.15) is 5.82 Å². The van der Waals surface area contributed by atoms with Crippen LogP contribution in [0.2, 0.25) is 0 Å². The number of aliphatic hydroxyl groups is 1. The number of rotatable bonds is 6. The second-order valence-corrected chi connectivity index (χ2v) is 3.82. The van der Waals surface area contributed by atoms with Gasteiger partial charge in [0.2, 0.25) is 0 Å².